The number of aromatic amines is 1. The first-order chi connectivity index (χ1) is 12.3. The van der Waals surface area contributed by atoms with Crippen LogP contribution in [-0.4, -0.2) is 15.2 Å². The Morgan fingerprint density at radius 1 is 1.27 bits per heavy atom. The number of hydrogen-bond acceptors (Lipinski definition) is 6. The number of aryl methyl sites for hydroxylation is 1. The molecule has 3 rings (SSSR count). The average molecular weight is 378 g/mol. The Morgan fingerprint density at radius 3 is 2.69 bits per heavy atom. The van der Waals surface area contributed by atoms with Gasteiger partial charge in [0.1, 0.15) is 17.4 Å². The van der Waals surface area contributed by atoms with E-state index in [0.717, 1.165) is 0 Å². The predicted octanol–water partition coefficient (Wildman–Crippen LogP) is 3.88. The molecule has 0 atom stereocenters. The third-order valence-corrected chi connectivity index (χ3v) is 4.12. The normalized spacial score (nSPS) is 11.2. The molecule has 132 valence electrons. The zero-order valence-electron chi connectivity index (χ0n) is 13.1. The number of pyridine rings is 1. The summed E-state index contributed by atoms with van der Waals surface area (Å²) in [5.74, 6) is 0.203. The van der Waals surface area contributed by atoms with Crippen LogP contribution in [0, 0.1) is 18.3 Å². The van der Waals surface area contributed by atoms with Crippen LogP contribution in [0.1, 0.15) is 16.3 Å². The van der Waals surface area contributed by atoms with Crippen molar-refractivity contribution >= 4 is 11.3 Å². The topological polar surface area (TPSA) is 91.7 Å². The second-order valence-electron chi connectivity index (χ2n) is 5.18. The molecule has 0 radical (unpaired) electrons. The van der Waals surface area contributed by atoms with E-state index in [1.165, 1.54) is 12.1 Å². The number of rotatable bonds is 3. The number of benzene rings is 1. The monoisotopic (exact) mass is 378 g/mol. The fourth-order valence-electron chi connectivity index (χ4n) is 2.22. The fourth-order valence-corrected chi connectivity index (χ4v) is 2.80. The molecule has 0 bridgehead atoms. The lowest BCUT2D eigenvalue weighted by molar-refractivity contribution is -0.138. The minimum Gasteiger partial charge on any atom is -0.430 e. The number of aromatic nitrogens is 3. The van der Waals surface area contributed by atoms with E-state index in [1.54, 1.807) is 25.1 Å². The number of alkyl halides is 3. The molecule has 0 fully saturated rings. The molecular weight excluding hydrogens is 369 g/mol. The molecule has 0 aliphatic carbocycles. The SMILES string of the molecule is Cc1cc(-c2cccc(Oc3nnc(C(F)(F)F)s3)c2)c(C#N)c(=O)[nH]1. The van der Waals surface area contributed by atoms with Gasteiger partial charge in [-0.15, -0.1) is 5.10 Å². The number of nitrogens with zero attached hydrogens (tertiary/aromatic N) is 3. The van der Waals surface area contributed by atoms with Crippen LogP contribution in [0.2, 0.25) is 0 Å². The Labute approximate surface area is 148 Å². The molecule has 2 heterocycles. The third-order valence-electron chi connectivity index (χ3n) is 3.28. The maximum atomic E-state index is 12.6. The maximum Gasteiger partial charge on any atom is 0.445 e. The summed E-state index contributed by atoms with van der Waals surface area (Å²) in [7, 11) is 0. The van der Waals surface area contributed by atoms with Gasteiger partial charge in [0.15, 0.2) is 0 Å². The first kappa shape index (κ1) is 17.6. The van der Waals surface area contributed by atoms with Crippen LogP contribution in [0.25, 0.3) is 11.1 Å². The van der Waals surface area contributed by atoms with Crippen LogP contribution in [0.4, 0.5) is 13.2 Å². The number of nitrogens with one attached hydrogen (secondary N) is 1. The van der Waals surface area contributed by atoms with Crippen molar-refractivity contribution < 1.29 is 17.9 Å². The highest BCUT2D eigenvalue weighted by Crippen LogP contribution is 2.36. The highest BCUT2D eigenvalue weighted by Gasteiger charge is 2.36. The molecule has 0 saturated carbocycles. The summed E-state index contributed by atoms with van der Waals surface area (Å²) in [6, 6.07) is 9.75. The Bertz CT molecular complexity index is 1070. The molecule has 1 aromatic carbocycles. The van der Waals surface area contributed by atoms with Gasteiger partial charge in [-0.2, -0.15) is 18.4 Å². The smallest absolute Gasteiger partial charge is 0.430 e. The van der Waals surface area contributed by atoms with Gasteiger partial charge in [0, 0.05) is 11.3 Å². The van der Waals surface area contributed by atoms with Gasteiger partial charge in [-0.05, 0) is 30.7 Å². The Balaban J connectivity index is 1.96. The van der Waals surface area contributed by atoms with Crippen molar-refractivity contribution in [2.75, 3.05) is 0 Å². The standard InChI is InChI=1S/C16H9F3N4O2S/c1-8-5-11(12(7-20)13(24)21-8)9-3-2-4-10(6-9)25-15-23-22-14(26-15)16(17,18)19/h2-6H,1H3,(H,21,24). The van der Waals surface area contributed by atoms with Crippen LogP contribution in [0.5, 0.6) is 10.9 Å². The summed E-state index contributed by atoms with van der Waals surface area (Å²) in [6.45, 7) is 1.67. The predicted molar refractivity (Wildman–Crippen MR) is 86.9 cm³/mol. The minimum atomic E-state index is -4.59. The summed E-state index contributed by atoms with van der Waals surface area (Å²) in [6.07, 6.45) is -4.59. The van der Waals surface area contributed by atoms with E-state index in [9.17, 15) is 23.2 Å². The molecule has 1 N–H and O–H groups in total. The molecule has 6 nitrogen and oxygen atoms in total. The Kier molecular flexibility index (Phi) is 4.48. The zero-order valence-corrected chi connectivity index (χ0v) is 13.9. The average Bonchev–Trinajstić information content (AvgIpc) is 3.03. The molecule has 0 spiro atoms. The summed E-state index contributed by atoms with van der Waals surface area (Å²) < 4.78 is 43.0. The summed E-state index contributed by atoms with van der Waals surface area (Å²) in [4.78, 5) is 14.4. The maximum absolute atomic E-state index is 12.6. The van der Waals surface area contributed by atoms with Crippen molar-refractivity contribution in [3.63, 3.8) is 0 Å². The third kappa shape index (κ3) is 3.57. The molecule has 10 heteroatoms. The van der Waals surface area contributed by atoms with Crippen LogP contribution in [-0.2, 0) is 6.18 Å². The van der Waals surface area contributed by atoms with E-state index in [0.29, 0.717) is 16.8 Å². The van der Waals surface area contributed by atoms with E-state index >= 15 is 0 Å². The van der Waals surface area contributed by atoms with Gasteiger partial charge in [0.2, 0.25) is 5.01 Å². The zero-order chi connectivity index (χ0) is 18.9. The Hall–Kier alpha value is -3.19. The van der Waals surface area contributed by atoms with Gasteiger partial charge < -0.3 is 9.72 Å². The number of ether oxygens (including phenoxy) is 1. The van der Waals surface area contributed by atoms with E-state index in [2.05, 4.69) is 15.2 Å². The van der Waals surface area contributed by atoms with Gasteiger partial charge in [-0.25, -0.2) is 0 Å². The summed E-state index contributed by atoms with van der Waals surface area (Å²) in [5.41, 5.74) is 0.881. The van der Waals surface area contributed by atoms with E-state index < -0.39 is 16.7 Å². The molecule has 0 aliphatic rings. The number of hydrogen-bond donors (Lipinski definition) is 1. The van der Waals surface area contributed by atoms with Crippen molar-refractivity contribution in [1.82, 2.24) is 15.2 Å². The Morgan fingerprint density at radius 2 is 2.04 bits per heavy atom. The number of nitriles is 1. The lowest BCUT2D eigenvalue weighted by Gasteiger charge is -2.07. The second-order valence-corrected chi connectivity index (χ2v) is 6.12. The van der Waals surface area contributed by atoms with E-state index in [1.807, 2.05) is 6.07 Å². The first-order valence-electron chi connectivity index (χ1n) is 7.11. The highest BCUT2D eigenvalue weighted by atomic mass is 32.1. The largest absolute Gasteiger partial charge is 0.445 e. The molecule has 3 aromatic rings. The quantitative estimate of drug-likeness (QED) is 0.747. The molecule has 0 amide bonds. The fraction of sp³-hybridized carbons (Fsp3) is 0.125. The van der Waals surface area contributed by atoms with E-state index in [4.69, 9.17) is 4.74 Å². The van der Waals surface area contributed by atoms with Crippen molar-refractivity contribution in [3.05, 3.63) is 57.0 Å². The van der Waals surface area contributed by atoms with Crippen molar-refractivity contribution in [1.29, 1.82) is 5.26 Å². The molecule has 26 heavy (non-hydrogen) atoms. The van der Waals surface area contributed by atoms with Crippen molar-refractivity contribution in [3.8, 4) is 28.1 Å². The van der Waals surface area contributed by atoms with Crippen LogP contribution >= 0.6 is 11.3 Å². The van der Waals surface area contributed by atoms with Gasteiger partial charge >= 0.3 is 6.18 Å². The highest BCUT2D eigenvalue weighted by molar-refractivity contribution is 7.13. The molecule has 2 aromatic heterocycles. The summed E-state index contributed by atoms with van der Waals surface area (Å²) in [5, 5.41) is 14.2. The molecular formula is C16H9F3N4O2S. The van der Waals surface area contributed by atoms with Gasteiger partial charge in [-0.1, -0.05) is 28.6 Å². The van der Waals surface area contributed by atoms with Crippen molar-refractivity contribution in [2.24, 2.45) is 0 Å². The summed E-state index contributed by atoms with van der Waals surface area (Å²) >= 11 is 0.272. The number of halogens is 3. The number of H-pyrrole nitrogens is 1. The molecule has 0 unspecified atom stereocenters. The van der Waals surface area contributed by atoms with Crippen molar-refractivity contribution in [2.45, 2.75) is 13.1 Å². The van der Waals surface area contributed by atoms with E-state index in [-0.39, 0.29) is 27.8 Å². The van der Waals surface area contributed by atoms with Gasteiger partial charge in [0.25, 0.3) is 10.8 Å². The van der Waals surface area contributed by atoms with Crippen LogP contribution in [0.3, 0.4) is 0 Å². The van der Waals surface area contributed by atoms with Gasteiger partial charge in [0.05, 0.1) is 0 Å². The molecule has 0 saturated heterocycles. The minimum absolute atomic E-state index is 0.0666. The lowest BCUT2D eigenvalue weighted by Crippen LogP contribution is -2.12. The second kappa shape index (κ2) is 6.61. The lowest BCUT2D eigenvalue weighted by atomic mass is 10.0. The van der Waals surface area contributed by atoms with Crippen LogP contribution < -0.4 is 10.3 Å². The molecule has 0 aliphatic heterocycles. The first-order valence-corrected chi connectivity index (χ1v) is 7.92. The van der Waals surface area contributed by atoms with Gasteiger partial charge in [-0.3, -0.25) is 4.79 Å². The van der Waals surface area contributed by atoms with Crippen LogP contribution in [0.15, 0.2) is 35.1 Å².